The molecule has 0 aliphatic carbocycles. The van der Waals surface area contributed by atoms with Crippen LogP contribution in [0.15, 0.2) is 30.5 Å². The van der Waals surface area contributed by atoms with Gasteiger partial charge in [0.15, 0.2) is 0 Å². The monoisotopic (exact) mass is 275 g/mol. The highest BCUT2D eigenvalue weighted by molar-refractivity contribution is 5.87. The van der Waals surface area contributed by atoms with E-state index in [0.717, 1.165) is 16.5 Å². The molecule has 0 spiro atoms. The van der Waals surface area contributed by atoms with E-state index in [1.807, 2.05) is 45.0 Å². The summed E-state index contributed by atoms with van der Waals surface area (Å²) in [4.78, 5) is 4.31. The molecule has 0 aliphatic rings. The van der Waals surface area contributed by atoms with E-state index in [1.165, 1.54) is 0 Å². The molecular weight excluding hydrogens is 254 g/mol. The Labute approximate surface area is 119 Å². The molecule has 1 aromatic carbocycles. The fourth-order valence-corrected chi connectivity index (χ4v) is 1.83. The fraction of sp³-hybridized carbons (Fsp3) is 0.438. The maximum absolute atomic E-state index is 5.88. The van der Waals surface area contributed by atoms with Crippen molar-refractivity contribution in [3.63, 3.8) is 0 Å². The summed E-state index contributed by atoms with van der Waals surface area (Å²) in [5, 5.41) is 2.04. The molecule has 2 aromatic rings. The number of benzene rings is 1. The molecule has 0 saturated heterocycles. The van der Waals surface area contributed by atoms with E-state index < -0.39 is 0 Å². The third-order valence-electron chi connectivity index (χ3n) is 2.66. The van der Waals surface area contributed by atoms with Crippen molar-refractivity contribution in [2.45, 2.75) is 26.4 Å². The van der Waals surface area contributed by atoms with Crippen LogP contribution in [0.1, 0.15) is 20.8 Å². The smallest absolute Gasteiger partial charge is 0.221 e. The van der Waals surface area contributed by atoms with Gasteiger partial charge in [-0.25, -0.2) is 4.98 Å². The first-order valence-corrected chi connectivity index (χ1v) is 6.69. The van der Waals surface area contributed by atoms with Crippen LogP contribution in [0.4, 0.5) is 0 Å². The van der Waals surface area contributed by atoms with Gasteiger partial charge in [0, 0.05) is 18.7 Å². The lowest BCUT2D eigenvalue weighted by Gasteiger charge is -2.21. The van der Waals surface area contributed by atoms with Crippen LogP contribution in [0.3, 0.4) is 0 Å². The molecule has 0 amide bonds. The molecule has 0 saturated carbocycles. The van der Waals surface area contributed by atoms with Crippen LogP contribution in [-0.2, 0) is 4.74 Å². The summed E-state index contributed by atoms with van der Waals surface area (Å²) in [5.74, 6) is 1.47. The van der Waals surface area contributed by atoms with Crippen LogP contribution in [0.25, 0.3) is 10.8 Å². The number of fused-ring (bicyclic) bond motifs is 1. The quantitative estimate of drug-likeness (QED) is 0.784. The van der Waals surface area contributed by atoms with Crippen molar-refractivity contribution in [2.24, 2.45) is 0 Å². The summed E-state index contributed by atoms with van der Waals surface area (Å²) in [6.45, 7) is 7.15. The maximum atomic E-state index is 5.88. The van der Waals surface area contributed by atoms with Crippen LogP contribution >= 0.6 is 0 Å². The zero-order chi connectivity index (χ0) is 14.6. The van der Waals surface area contributed by atoms with E-state index in [2.05, 4.69) is 4.98 Å². The van der Waals surface area contributed by atoms with Gasteiger partial charge in [-0.05, 0) is 50.4 Å². The third-order valence-corrected chi connectivity index (χ3v) is 2.66. The molecule has 1 aromatic heterocycles. The van der Waals surface area contributed by atoms with Crippen LogP contribution < -0.4 is 9.47 Å². The van der Waals surface area contributed by atoms with E-state index in [-0.39, 0.29) is 5.60 Å². The normalized spacial score (nSPS) is 11.6. The zero-order valence-electron chi connectivity index (χ0n) is 12.5. The topological polar surface area (TPSA) is 40.6 Å². The molecular formula is C16H21NO3. The second-order valence-corrected chi connectivity index (χ2v) is 5.55. The second kappa shape index (κ2) is 6.09. The lowest BCUT2D eigenvalue weighted by atomic mass is 10.1. The van der Waals surface area contributed by atoms with E-state index >= 15 is 0 Å². The molecule has 0 N–H and O–H groups in total. The summed E-state index contributed by atoms with van der Waals surface area (Å²) in [7, 11) is 1.66. The van der Waals surface area contributed by atoms with E-state index in [1.54, 1.807) is 13.3 Å². The molecule has 0 unspecified atom stereocenters. The van der Waals surface area contributed by atoms with Crippen molar-refractivity contribution in [2.75, 3.05) is 20.3 Å². The lowest BCUT2D eigenvalue weighted by molar-refractivity contribution is 0.126. The van der Waals surface area contributed by atoms with Gasteiger partial charge in [0.05, 0.1) is 6.61 Å². The molecule has 0 radical (unpaired) electrons. The van der Waals surface area contributed by atoms with Crippen molar-refractivity contribution in [3.05, 3.63) is 30.5 Å². The molecule has 2 rings (SSSR count). The largest absolute Gasteiger partial charge is 0.491 e. The first-order valence-electron chi connectivity index (χ1n) is 6.69. The molecule has 4 heteroatoms. The van der Waals surface area contributed by atoms with Gasteiger partial charge in [-0.15, -0.1) is 0 Å². The SMILES string of the molecule is COCCOc1ccc2c(OC(C)(C)C)nccc2c1. The number of nitrogens with zero attached hydrogens (tertiary/aromatic N) is 1. The summed E-state index contributed by atoms with van der Waals surface area (Å²) in [6.07, 6.45) is 1.75. The second-order valence-electron chi connectivity index (χ2n) is 5.55. The van der Waals surface area contributed by atoms with Gasteiger partial charge in [-0.3, -0.25) is 0 Å². The number of hydrogen-bond acceptors (Lipinski definition) is 4. The number of pyridine rings is 1. The van der Waals surface area contributed by atoms with Crippen molar-refractivity contribution in [1.82, 2.24) is 4.98 Å². The van der Waals surface area contributed by atoms with Crippen molar-refractivity contribution in [3.8, 4) is 11.6 Å². The summed E-state index contributed by atoms with van der Waals surface area (Å²) < 4.78 is 16.5. The molecule has 0 fully saturated rings. The molecule has 1 heterocycles. The number of rotatable bonds is 5. The number of methoxy groups -OCH3 is 1. The summed E-state index contributed by atoms with van der Waals surface area (Å²) in [6, 6.07) is 7.84. The highest BCUT2D eigenvalue weighted by Crippen LogP contribution is 2.28. The van der Waals surface area contributed by atoms with Crippen LogP contribution in [0, 0.1) is 0 Å². The van der Waals surface area contributed by atoms with Gasteiger partial charge in [0.25, 0.3) is 0 Å². The number of hydrogen-bond donors (Lipinski definition) is 0. The Morgan fingerprint density at radius 2 is 1.90 bits per heavy atom. The Morgan fingerprint density at radius 3 is 2.60 bits per heavy atom. The zero-order valence-corrected chi connectivity index (χ0v) is 12.5. The van der Waals surface area contributed by atoms with Gasteiger partial charge >= 0.3 is 0 Å². The van der Waals surface area contributed by atoms with E-state index in [4.69, 9.17) is 14.2 Å². The van der Waals surface area contributed by atoms with E-state index in [9.17, 15) is 0 Å². The number of aromatic nitrogens is 1. The Morgan fingerprint density at radius 1 is 1.10 bits per heavy atom. The molecule has 0 atom stereocenters. The van der Waals surface area contributed by atoms with Gasteiger partial charge in [-0.1, -0.05) is 0 Å². The van der Waals surface area contributed by atoms with E-state index in [0.29, 0.717) is 19.1 Å². The summed E-state index contributed by atoms with van der Waals surface area (Å²) in [5.41, 5.74) is -0.269. The average molecular weight is 275 g/mol. The lowest BCUT2D eigenvalue weighted by Crippen LogP contribution is -2.23. The summed E-state index contributed by atoms with van der Waals surface area (Å²) >= 11 is 0. The minimum atomic E-state index is -0.269. The minimum absolute atomic E-state index is 0.269. The molecule has 20 heavy (non-hydrogen) atoms. The van der Waals surface area contributed by atoms with Gasteiger partial charge in [-0.2, -0.15) is 0 Å². The molecule has 4 nitrogen and oxygen atoms in total. The van der Waals surface area contributed by atoms with Gasteiger partial charge in [0.1, 0.15) is 18.0 Å². The Hall–Kier alpha value is -1.81. The van der Waals surface area contributed by atoms with Gasteiger partial charge in [0.2, 0.25) is 5.88 Å². The molecule has 0 bridgehead atoms. The van der Waals surface area contributed by atoms with Crippen molar-refractivity contribution in [1.29, 1.82) is 0 Å². The maximum Gasteiger partial charge on any atom is 0.221 e. The minimum Gasteiger partial charge on any atom is -0.491 e. The standard InChI is InChI=1S/C16H21NO3/c1-16(2,3)20-15-14-6-5-13(19-10-9-18-4)11-12(14)7-8-17-15/h5-8,11H,9-10H2,1-4H3. The first-order chi connectivity index (χ1) is 9.49. The predicted octanol–water partition coefficient (Wildman–Crippen LogP) is 3.44. The van der Waals surface area contributed by atoms with Crippen molar-refractivity contribution < 1.29 is 14.2 Å². The van der Waals surface area contributed by atoms with Crippen LogP contribution in [0.2, 0.25) is 0 Å². The average Bonchev–Trinajstić information content (AvgIpc) is 2.37. The molecule has 108 valence electrons. The third kappa shape index (κ3) is 3.84. The number of ether oxygens (including phenoxy) is 3. The Balaban J connectivity index is 2.26. The Kier molecular flexibility index (Phi) is 4.45. The Bertz CT molecular complexity index is 575. The van der Waals surface area contributed by atoms with Crippen LogP contribution in [-0.4, -0.2) is 30.9 Å². The predicted molar refractivity (Wildman–Crippen MR) is 79.5 cm³/mol. The van der Waals surface area contributed by atoms with Gasteiger partial charge < -0.3 is 14.2 Å². The highest BCUT2D eigenvalue weighted by atomic mass is 16.5. The highest BCUT2D eigenvalue weighted by Gasteiger charge is 2.15. The fourth-order valence-electron chi connectivity index (χ4n) is 1.83. The van der Waals surface area contributed by atoms with Crippen molar-refractivity contribution >= 4 is 10.8 Å². The molecule has 0 aliphatic heterocycles. The first kappa shape index (κ1) is 14.6. The van der Waals surface area contributed by atoms with Crippen LogP contribution in [0.5, 0.6) is 11.6 Å².